The van der Waals surface area contributed by atoms with E-state index in [0.717, 1.165) is 11.4 Å². The van der Waals surface area contributed by atoms with Crippen molar-refractivity contribution in [3.8, 4) is 44.5 Å². The molecule has 2 aliphatic carbocycles. The first kappa shape index (κ1) is 48.0. The highest BCUT2D eigenvalue weighted by Gasteiger charge is 2.57. The van der Waals surface area contributed by atoms with Crippen molar-refractivity contribution < 1.29 is 0 Å². The van der Waals surface area contributed by atoms with Gasteiger partial charge in [0.15, 0.2) is 0 Å². The average Bonchev–Trinajstić information content (AvgIpc) is 3.38. The first-order valence-corrected chi connectivity index (χ1v) is 28.5. The lowest BCUT2D eigenvalue weighted by Gasteiger charge is -2.58. The van der Waals surface area contributed by atoms with Crippen molar-refractivity contribution in [3.63, 3.8) is 0 Å². The molecule has 4 unspecified atom stereocenters. The molecule has 0 aromatic heterocycles. The normalized spacial score (nSPS) is 21.0. The van der Waals surface area contributed by atoms with Gasteiger partial charge >= 0.3 is 6.85 Å². The minimum atomic E-state index is -0.646. The van der Waals surface area contributed by atoms with Crippen LogP contribution in [0.25, 0.3) is 44.5 Å². The maximum Gasteiger partial charge on any atom is 0.332 e. The smallest absolute Gasteiger partial charge is 0.332 e. The van der Waals surface area contributed by atoms with Gasteiger partial charge in [-0.3, -0.25) is 0 Å². The predicted octanol–water partition coefficient (Wildman–Crippen LogP) is 17.9. The Hall–Kier alpha value is -9.12. The molecule has 0 radical (unpaired) electrons. The summed E-state index contributed by atoms with van der Waals surface area (Å²) in [6, 6.07) is 91.3. The lowest BCUT2D eigenvalue weighted by atomic mass is 9.42. The second-order valence-corrected chi connectivity index (χ2v) is 23.5. The van der Waals surface area contributed by atoms with E-state index < -0.39 is 16.4 Å². The molecule has 4 bridgehead atoms. The molecule has 0 spiro atoms. The van der Waals surface area contributed by atoms with Gasteiger partial charge < -0.3 is 14.6 Å². The van der Waals surface area contributed by atoms with Gasteiger partial charge in [-0.15, -0.1) is 0 Å². The quantitative estimate of drug-likeness (QED) is 0.116. The van der Waals surface area contributed by atoms with Crippen LogP contribution in [0.2, 0.25) is 0 Å². The molecule has 15 rings (SSSR count). The van der Waals surface area contributed by atoms with Crippen LogP contribution < -0.4 is 25.5 Å². The monoisotopic (exact) mass is 1030 g/mol. The van der Waals surface area contributed by atoms with Crippen LogP contribution in [0, 0.1) is 19.8 Å². The summed E-state index contributed by atoms with van der Waals surface area (Å²) in [5.41, 5.74) is 27.1. The Bertz CT molecular complexity index is 4220. The Morgan fingerprint density at radius 2 is 0.975 bits per heavy atom. The van der Waals surface area contributed by atoms with E-state index in [1.807, 2.05) is 0 Å². The van der Waals surface area contributed by atoms with Crippen LogP contribution in [0.4, 0.5) is 34.1 Å². The third kappa shape index (κ3) is 7.00. The van der Waals surface area contributed by atoms with E-state index in [-0.39, 0.29) is 12.8 Å². The van der Waals surface area contributed by atoms with Gasteiger partial charge in [-0.2, -0.15) is 0 Å². The molecule has 0 saturated carbocycles. The molecule has 0 fully saturated rings. The largest absolute Gasteiger partial charge is 0.380 e. The lowest BCUT2D eigenvalue weighted by Crippen LogP contribution is -2.65. The molecule has 0 amide bonds. The van der Waals surface area contributed by atoms with Gasteiger partial charge in [0, 0.05) is 62.1 Å². The van der Waals surface area contributed by atoms with Crippen LogP contribution in [-0.4, -0.2) is 12.4 Å². The third-order valence-electron chi connectivity index (χ3n) is 18.8. The van der Waals surface area contributed by atoms with Crippen LogP contribution in [0.5, 0.6) is 0 Å². The molecule has 0 saturated heterocycles. The van der Waals surface area contributed by atoms with Gasteiger partial charge in [0.2, 0.25) is 0 Å². The summed E-state index contributed by atoms with van der Waals surface area (Å²) in [6.45, 7) is 14.4. The van der Waals surface area contributed by atoms with Gasteiger partial charge in [0.1, 0.15) is 0 Å². The summed E-state index contributed by atoms with van der Waals surface area (Å²) in [7, 11) is 0. The van der Waals surface area contributed by atoms with Crippen molar-refractivity contribution in [2.24, 2.45) is 5.92 Å². The Morgan fingerprint density at radius 3 is 1.65 bits per heavy atom. The van der Waals surface area contributed by atoms with Crippen LogP contribution >= 0.6 is 0 Å². The number of anilines is 6. The standard InChI is InChI=1S/C76H62BN3/c1-50-23-19-20-32-62(50)57-46-64-63-33-21-22-34-67(63)80-70-49-75(5,59-30-17-10-18-31-59)73-71(52(70)3)76(6,44-43-74(73,4)58-28-15-9-16-29-58)79(60-38-35-55(36-39-60)53-24-11-7-12-25-53)61-40-42-68-65(48-61)77(80)72(64)69(47-57)78(68)66-41-37-56(45-51(66)2)54-26-13-8-14-27-54/h7-49,52H,1-6H3. The van der Waals surface area contributed by atoms with Crippen molar-refractivity contribution in [2.75, 3.05) is 14.6 Å². The summed E-state index contributed by atoms with van der Waals surface area (Å²) in [6.07, 6.45) is 7.83. The van der Waals surface area contributed by atoms with Crippen LogP contribution in [0.3, 0.4) is 0 Å². The van der Waals surface area contributed by atoms with Crippen molar-refractivity contribution in [1.82, 2.24) is 0 Å². The number of rotatable bonds is 7. The molecule has 4 heteroatoms. The maximum absolute atomic E-state index is 2.80. The number of para-hydroxylation sites is 1. The maximum atomic E-state index is 2.80. The molecular formula is C76H62BN3. The van der Waals surface area contributed by atoms with E-state index in [0.29, 0.717) is 0 Å². The van der Waals surface area contributed by atoms with Gasteiger partial charge in [0.25, 0.3) is 0 Å². The van der Waals surface area contributed by atoms with Crippen molar-refractivity contribution >= 4 is 51.9 Å². The summed E-state index contributed by atoms with van der Waals surface area (Å²) >= 11 is 0. The first-order chi connectivity index (χ1) is 39.0. The van der Waals surface area contributed by atoms with Gasteiger partial charge in [-0.05, 0) is 179 Å². The van der Waals surface area contributed by atoms with Gasteiger partial charge in [0.05, 0.1) is 5.54 Å². The molecule has 80 heavy (non-hydrogen) atoms. The van der Waals surface area contributed by atoms with E-state index in [1.165, 1.54) is 117 Å². The third-order valence-corrected chi connectivity index (χ3v) is 18.8. The van der Waals surface area contributed by atoms with E-state index >= 15 is 0 Å². The minimum Gasteiger partial charge on any atom is -0.380 e. The predicted molar refractivity (Wildman–Crippen MR) is 338 cm³/mol. The molecule has 3 aliphatic heterocycles. The van der Waals surface area contributed by atoms with Gasteiger partial charge in [-0.1, -0.05) is 207 Å². The molecule has 3 heterocycles. The molecular weight excluding hydrogens is 966 g/mol. The fraction of sp³-hybridized carbons (Fsp3) is 0.132. The SMILES string of the molecule is Cc1ccccc1-c1cc2c3c(c1)N(c1ccc(-c4ccccc4)cc1C)c1ccc4cc1B3N(C1=CC(C)(c3ccccc3)C3=C(C1C)C(C)(C=CC3(C)c1ccccc1)N4c1ccc(-c3ccccc3)cc1)c1ccccc1-2. The van der Waals surface area contributed by atoms with Crippen molar-refractivity contribution in [3.05, 3.63) is 300 Å². The Morgan fingerprint density at radius 1 is 0.412 bits per heavy atom. The van der Waals surface area contributed by atoms with Crippen molar-refractivity contribution in [1.29, 1.82) is 0 Å². The number of fused-ring (bicyclic) bond motifs is 6. The van der Waals surface area contributed by atoms with E-state index in [9.17, 15) is 0 Å². The second-order valence-electron chi connectivity index (χ2n) is 23.5. The number of benzene rings is 10. The molecule has 0 N–H and O–H groups in total. The fourth-order valence-electron chi connectivity index (χ4n) is 15.1. The molecule has 384 valence electrons. The molecule has 3 nitrogen and oxygen atoms in total. The summed E-state index contributed by atoms with van der Waals surface area (Å²) in [5, 5.41) is 0. The molecule has 5 aliphatic rings. The highest BCUT2D eigenvalue weighted by Crippen LogP contribution is 2.62. The number of hydrogen-bond acceptors (Lipinski definition) is 3. The Kier molecular flexibility index (Phi) is 10.8. The zero-order chi connectivity index (χ0) is 54.1. The Balaban J connectivity index is 1.08. The average molecular weight is 1030 g/mol. The second kappa shape index (κ2) is 18.0. The summed E-state index contributed by atoms with van der Waals surface area (Å²) in [4.78, 5) is 8.11. The number of aryl methyl sites for hydroxylation is 2. The number of nitrogens with zero attached hydrogens (tertiary/aromatic N) is 3. The summed E-state index contributed by atoms with van der Waals surface area (Å²) < 4.78 is 0. The first-order valence-electron chi connectivity index (χ1n) is 28.5. The highest BCUT2D eigenvalue weighted by atomic mass is 15.2. The zero-order valence-corrected chi connectivity index (χ0v) is 46.3. The summed E-state index contributed by atoms with van der Waals surface area (Å²) in [5.74, 6) is -0.0339. The van der Waals surface area contributed by atoms with Crippen LogP contribution in [-0.2, 0) is 10.8 Å². The minimum absolute atomic E-state index is 0.0339. The van der Waals surface area contributed by atoms with Gasteiger partial charge in [-0.25, -0.2) is 0 Å². The molecule has 10 aromatic rings. The highest BCUT2D eigenvalue weighted by molar-refractivity contribution is 6.93. The van der Waals surface area contributed by atoms with Crippen LogP contribution in [0.1, 0.15) is 49.9 Å². The Labute approximate surface area is 472 Å². The fourth-order valence-corrected chi connectivity index (χ4v) is 15.1. The van der Waals surface area contributed by atoms with E-state index in [4.69, 9.17) is 0 Å². The van der Waals surface area contributed by atoms with Crippen molar-refractivity contribution in [2.45, 2.75) is 57.9 Å². The zero-order valence-electron chi connectivity index (χ0n) is 46.3. The van der Waals surface area contributed by atoms with E-state index in [2.05, 4.69) is 317 Å². The molecule has 10 aromatic carbocycles. The van der Waals surface area contributed by atoms with E-state index in [1.54, 1.807) is 0 Å². The lowest BCUT2D eigenvalue weighted by molar-refractivity contribution is 0.447. The van der Waals surface area contributed by atoms with Crippen LogP contribution in [0.15, 0.2) is 278 Å². The topological polar surface area (TPSA) is 9.72 Å². The molecule has 4 atom stereocenters. The number of allylic oxidation sites excluding steroid dienone is 4. The number of hydrogen-bond donors (Lipinski definition) is 0.